The van der Waals surface area contributed by atoms with Crippen LogP contribution in [-0.2, 0) is 25.6 Å². The normalized spacial score (nSPS) is 16.2. The molecule has 2 aromatic rings. The number of nitrogens with zero attached hydrogens (tertiary/aromatic N) is 1. The number of carbonyl (C=O) groups is 1. The lowest BCUT2D eigenvalue weighted by atomic mass is 9.76. The molecule has 9 heteroatoms. The van der Waals surface area contributed by atoms with E-state index in [1.54, 1.807) is 0 Å². The van der Waals surface area contributed by atoms with Crippen molar-refractivity contribution >= 4 is 5.91 Å². The fraction of sp³-hybridized carbons (Fsp3) is 0.471. The summed E-state index contributed by atoms with van der Waals surface area (Å²) in [5.41, 5.74) is -1.36. The molecule has 0 atom stereocenters. The van der Waals surface area contributed by atoms with E-state index in [9.17, 15) is 22.8 Å². The van der Waals surface area contributed by atoms with Crippen molar-refractivity contribution in [3.05, 3.63) is 50.8 Å². The van der Waals surface area contributed by atoms with Crippen LogP contribution in [0.4, 0.5) is 13.2 Å². The fourth-order valence-electron chi connectivity index (χ4n) is 3.09. The molecule has 0 fully saturated rings. The van der Waals surface area contributed by atoms with Gasteiger partial charge in [-0.25, -0.2) is 0 Å². The van der Waals surface area contributed by atoms with Gasteiger partial charge >= 0.3 is 6.18 Å². The largest absolute Gasteiger partial charge is 0.417 e. The van der Waals surface area contributed by atoms with Crippen molar-refractivity contribution in [3.63, 3.8) is 0 Å². The van der Waals surface area contributed by atoms with Crippen LogP contribution >= 0.6 is 0 Å². The van der Waals surface area contributed by atoms with Gasteiger partial charge in [0.25, 0.3) is 5.91 Å². The minimum Gasteiger partial charge on any atom is -0.361 e. The van der Waals surface area contributed by atoms with Crippen LogP contribution in [-0.4, -0.2) is 16.0 Å². The predicted molar refractivity (Wildman–Crippen MR) is 85.5 cm³/mol. The Balaban J connectivity index is 1.79. The fourth-order valence-corrected chi connectivity index (χ4v) is 3.09. The van der Waals surface area contributed by atoms with E-state index >= 15 is 0 Å². The first kappa shape index (κ1) is 18.2. The van der Waals surface area contributed by atoms with Crippen LogP contribution in [0.15, 0.2) is 21.6 Å². The second-order valence-electron chi connectivity index (χ2n) is 7.18. The average molecular weight is 369 g/mol. The molecule has 3 rings (SSSR count). The first-order valence-corrected chi connectivity index (χ1v) is 8.11. The summed E-state index contributed by atoms with van der Waals surface area (Å²) in [6.07, 6.45) is -1.63. The van der Waals surface area contributed by atoms with E-state index in [-0.39, 0.29) is 12.0 Å². The quantitative estimate of drug-likeness (QED) is 0.871. The average Bonchev–Trinajstić information content (AvgIpc) is 2.92. The molecule has 1 amide bonds. The van der Waals surface area contributed by atoms with E-state index < -0.39 is 28.8 Å². The van der Waals surface area contributed by atoms with Crippen LogP contribution in [0.5, 0.6) is 0 Å². The van der Waals surface area contributed by atoms with Gasteiger partial charge in [-0.15, -0.1) is 0 Å². The summed E-state index contributed by atoms with van der Waals surface area (Å²) in [5.74, 6) is -0.186. The maximum atomic E-state index is 13.1. The third-order valence-corrected chi connectivity index (χ3v) is 4.53. The van der Waals surface area contributed by atoms with E-state index in [2.05, 4.69) is 29.3 Å². The molecule has 140 valence electrons. The number of rotatable bonds is 3. The van der Waals surface area contributed by atoms with Gasteiger partial charge in [-0.3, -0.25) is 9.59 Å². The first-order chi connectivity index (χ1) is 12.1. The number of nitrogens with one attached hydrogen (secondary N) is 2. The zero-order chi connectivity index (χ0) is 19.1. The smallest absolute Gasteiger partial charge is 0.361 e. The molecule has 0 saturated carbocycles. The minimum absolute atomic E-state index is 0.0514. The molecule has 1 aliphatic carbocycles. The van der Waals surface area contributed by atoms with Gasteiger partial charge < -0.3 is 14.8 Å². The minimum atomic E-state index is -4.81. The topological polar surface area (TPSA) is 88.0 Å². The number of pyridine rings is 1. The van der Waals surface area contributed by atoms with Gasteiger partial charge in [-0.1, -0.05) is 19.0 Å². The third-order valence-electron chi connectivity index (χ3n) is 4.53. The van der Waals surface area contributed by atoms with Crippen molar-refractivity contribution in [3.8, 4) is 0 Å². The summed E-state index contributed by atoms with van der Waals surface area (Å²) in [6, 6.07) is 0.370. The predicted octanol–water partition coefficient (Wildman–Crippen LogP) is 2.83. The van der Waals surface area contributed by atoms with Crippen LogP contribution < -0.4 is 10.9 Å². The van der Waals surface area contributed by atoms with E-state index in [0.717, 1.165) is 36.8 Å². The van der Waals surface area contributed by atoms with E-state index in [4.69, 9.17) is 4.52 Å². The summed E-state index contributed by atoms with van der Waals surface area (Å²) in [7, 11) is 0. The Morgan fingerprint density at radius 3 is 2.85 bits per heavy atom. The van der Waals surface area contributed by atoms with Crippen LogP contribution in [0, 0.1) is 5.41 Å². The highest BCUT2D eigenvalue weighted by Crippen LogP contribution is 2.36. The van der Waals surface area contributed by atoms with E-state index in [0.29, 0.717) is 11.8 Å². The Morgan fingerprint density at radius 1 is 1.42 bits per heavy atom. The number of halogens is 3. The second kappa shape index (κ2) is 6.30. The summed E-state index contributed by atoms with van der Waals surface area (Å²) >= 11 is 0. The maximum Gasteiger partial charge on any atom is 0.417 e. The van der Waals surface area contributed by atoms with Crippen molar-refractivity contribution < 1.29 is 22.5 Å². The van der Waals surface area contributed by atoms with Crippen LogP contribution in [0.2, 0.25) is 0 Å². The zero-order valence-electron chi connectivity index (χ0n) is 14.3. The number of aryl methyl sites for hydroxylation is 1. The lowest BCUT2D eigenvalue weighted by Gasteiger charge is -2.28. The molecule has 0 spiro atoms. The molecule has 6 nitrogen and oxygen atoms in total. The molecule has 0 aromatic carbocycles. The second-order valence-corrected chi connectivity index (χ2v) is 7.18. The number of amides is 1. The van der Waals surface area contributed by atoms with Gasteiger partial charge in [0.05, 0.1) is 17.7 Å². The maximum absolute atomic E-state index is 13.1. The molecule has 0 saturated heterocycles. The van der Waals surface area contributed by atoms with Gasteiger partial charge in [-0.2, -0.15) is 13.2 Å². The Bertz CT molecular complexity index is 897. The summed E-state index contributed by atoms with van der Waals surface area (Å²) in [5, 5.41) is 6.37. The molecule has 0 radical (unpaired) electrons. The van der Waals surface area contributed by atoms with Gasteiger partial charge in [0.15, 0.2) is 0 Å². The highest BCUT2D eigenvalue weighted by molar-refractivity contribution is 5.95. The highest BCUT2D eigenvalue weighted by Gasteiger charge is 2.36. The summed E-state index contributed by atoms with van der Waals surface area (Å²) < 4.78 is 44.4. The summed E-state index contributed by atoms with van der Waals surface area (Å²) in [4.78, 5) is 25.5. The molecule has 0 unspecified atom stereocenters. The number of aromatic amines is 1. The lowest BCUT2D eigenvalue weighted by Crippen LogP contribution is -2.29. The van der Waals surface area contributed by atoms with Gasteiger partial charge in [0.1, 0.15) is 11.5 Å². The van der Waals surface area contributed by atoms with Crippen molar-refractivity contribution in [2.75, 3.05) is 0 Å². The van der Waals surface area contributed by atoms with Crippen molar-refractivity contribution in [1.82, 2.24) is 15.5 Å². The number of carbonyl (C=O) groups excluding carboxylic acids is 1. The molecular formula is C17H18F3N3O3. The number of fused-ring (bicyclic) bond motifs is 1. The Hall–Kier alpha value is -2.58. The summed E-state index contributed by atoms with van der Waals surface area (Å²) in [6.45, 7) is 4.17. The Labute approximate surface area is 146 Å². The number of H-pyrrole nitrogens is 1. The highest BCUT2D eigenvalue weighted by atomic mass is 19.4. The van der Waals surface area contributed by atoms with Crippen molar-refractivity contribution in [2.45, 2.75) is 45.8 Å². The number of alkyl halides is 3. The number of aromatic nitrogens is 2. The molecular weight excluding hydrogens is 351 g/mol. The SMILES string of the molecule is CC1(C)CCc2onc(CNC(=O)c3c[nH]c(=O)cc3C(F)(F)F)c2C1. The van der Waals surface area contributed by atoms with Gasteiger partial charge in [0, 0.05) is 24.2 Å². The zero-order valence-corrected chi connectivity index (χ0v) is 14.3. The van der Waals surface area contributed by atoms with E-state index in [1.807, 2.05) is 0 Å². The monoisotopic (exact) mass is 369 g/mol. The standard InChI is InChI=1S/C17H18F3N3O3/c1-16(2)4-3-13-9(6-16)12(23-26-13)8-22-15(25)10-7-21-14(24)5-11(10)17(18,19)20/h5,7H,3-4,6,8H2,1-2H3,(H,21,24)(H,22,25). The first-order valence-electron chi connectivity index (χ1n) is 8.11. The van der Waals surface area contributed by atoms with Gasteiger partial charge in [-0.05, 0) is 18.3 Å². The van der Waals surface area contributed by atoms with Crippen LogP contribution in [0.3, 0.4) is 0 Å². The van der Waals surface area contributed by atoms with E-state index in [1.165, 1.54) is 0 Å². The Morgan fingerprint density at radius 2 is 2.15 bits per heavy atom. The van der Waals surface area contributed by atoms with Crippen LogP contribution in [0.25, 0.3) is 0 Å². The van der Waals surface area contributed by atoms with Crippen LogP contribution in [0.1, 0.15) is 53.2 Å². The molecule has 2 N–H and O–H groups in total. The molecule has 2 aromatic heterocycles. The molecule has 2 heterocycles. The molecule has 26 heavy (non-hydrogen) atoms. The van der Waals surface area contributed by atoms with Gasteiger partial charge in [0.2, 0.25) is 5.56 Å². The van der Waals surface area contributed by atoms with Crippen molar-refractivity contribution in [2.24, 2.45) is 5.41 Å². The number of hydrogen-bond donors (Lipinski definition) is 2. The lowest BCUT2D eigenvalue weighted by molar-refractivity contribution is -0.138. The molecule has 0 bridgehead atoms. The third kappa shape index (κ3) is 3.66. The number of hydrogen-bond acceptors (Lipinski definition) is 4. The van der Waals surface area contributed by atoms with Crippen molar-refractivity contribution in [1.29, 1.82) is 0 Å². The Kier molecular flexibility index (Phi) is 4.41. The molecule has 0 aliphatic heterocycles. The molecule has 1 aliphatic rings.